The van der Waals surface area contributed by atoms with Crippen LogP contribution in [-0.4, -0.2) is 119 Å². The molecule has 2 aliphatic heterocycles. The minimum Gasteiger partial charge on any atom is -0.369 e. The maximum atomic E-state index is 13.1. The lowest BCUT2D eigenvalue weighted by Crippen LogP contribution is -2.54. The summed E-state index contributed by atoms with van der Waals surface area (Å²) >= 11 is 0. The Morgan fingerprint density at radius 3 is 1.50 bits per heavy atom. The molecule has 3 fully saturated rings. The highest BCUT2D eigenvalue weighted by Crippen LogP contribution is 2.51. The van der Waals surface area contributed by atoms with Crippen LogP contribution >= 0.6 is 0 Å². The molecule has 0 aromatic heterocycles. The largest absolute Gasteiger partial charge is 0.430 e. The Morgan fingerprint density at radius 1 is 0.641 bits per heavy atom. The first-order valence-corrected chi connectivity index (χ1v) is 20.2. The maximum absolute atomic E-state index is 13.1. The number of benzene rings is 3. The molecule has 3 aliphatic rings. The molecule has 22 heteroatoms. The summed E-state index contributed by atoms with van der Waals surface area (Å²) in [6.45, 7) is 8.61. The molecule has 5 N–H and O–H groups in total. The Hall–Kier alpha value is -4.64. The summed E-state index contributed by atoms with van der Waals surface area (Å²) in [6, 6.07) is 13.5. The first-order chi connectivity index (χ1) is 29.6. The lowest BCUT2D eigenvalue weighted by Gasteiger charge is -2.40. The van der Waals surface area contributed by atoms with Crippen LogP contribution in [0.1, 0.15) is 59.3 Å². The fourth-order valence-corrected chi connectivity index (χ4v) is 7.43. The van der Waals surface area contributed by atoms with E-state index in [1.54, 1.807) is 29.2 Å². The van der Waals surface area contributed by atoms with Crippen LogP contribution in [-0.2, 0) is 24.3 Å². The van der Waals surface area contributed by atoms with Crippen LogP contribution in [0, 0.1) is 5.92 Å². The van der Waals surface area contributed by atoms with E-state index in [-0.39, 0.29) is 30.6 Å². The van der Waals surface area contributed by atoms with Crippen LogP contribution in [0.3, 0.4) is 0 Å². The molecule has 2 saturated heterocycles. The van der Waals surface area contributed by atoms with Crippen molar-refractivity contribution in [3.8, 4) is 0 Å². The monoisotopic (exact) mass is 928 g/mol. The molecule has 354 valence electrons. The van der Waals surface area contributed by atoms with Gasteiger partial charge in [0, 0.05) is 93.4 Å². The third kappa shape index (κ3) is 11.8. The van der Waals surface area contributed by atoms with Crippen molar-refractivity contribution >= 4 is 17.6 Å². The zero-order chi connectivity index (χ0) is 47.5. The van der Waals surface area contributed by atoms with Gasteiger partial charge < -0.3 is 31.1 Å². The molecular weight excluding hydrogens is 880 g/mol. The summed E-state index contributed by atoms with van der Waals surface area (Å²) < 4.78 is 156. The minimum atomic E-state index is -5.94. The third-order valence-electron chi connectivity index (χ3n) is 11.3. The number of carbonyl (C=O) groups is 2. The normalized spacial score (nSPS) is 19.7. The molecule has 1 saturated carbocycles. The maximum Gasteiger partial charge on any atom is 0.430 e. The predicted octanol–water partition coefficient (Wildman–Crippen LogP) is 7.67. The van der Waals surface area contributed by atoms with Crippen molar-refractivity contribution in [1.82, 2.24) is 25.3 Å². The predicted molar refractivity (Wildman–Crippen MR) is 210 cm³/mol. The number of nitrogens with zero attached hydrogens (tertiary/aromatic N) is 3. The summed E-state index contributed by atoms with van der Waals surface area (Å²) in [7, 11) is 0. The molecule has 3 aromatic carbocycles. The van der Waals surface area contributed by atoms with Gasteiger partial charge in [-0.15, -0.1) is 0 Å². The number of amides is 3. The fraction of sp³-hybridized carbons (Fsp3) is 0.524. The molecule has 0 bridgehead atoms. The lowest BCUT2D eigenvalue weighted by molar-refractivity contribution is -0.376. The Morgan fingerprint density at radius 2 is 1.09 bits per heavy atom. The highest BCUT2D eigenvalue weighted by molar-refractivity contribution is 5.95. The van der Waals surface area contributed by atoms with Crippen LogP contribution in [0.15, 0.2) is 72.8 Å². The molecule has 0 radical (unpaired) electrons. The molecule has 1 aliphatic carbocycles. The molecule has 3 amide bonds. The van der Waals surface area contributed by atoms with Crippen molar-refractivity contribution in [3.05, 3.63) is 101 Å². The van der Waals surface area contributed by atoms with Crippen LogP contribution in [0.25, 0.3) is 0 Å². The van der Waals surface area contributed by atoms with Crippen molar-refractivity contribution in [3.63, 3.8) is 0 Å². The molecule has 0 spiro atoms. The molecular formula is C42H48F12N6O4. The number of carbonyl (C=O) groups excluding carboxylic acids is 2. The Kier molecular flexibility index (Phi) is 15.3. The second-order valence-electron chi connectivity index (χ2n) is 16.3. The Balaban J connectivity index is 0.000000274. The van der Waals surface area contributed by atoms with E-state index >= 15 is 0 Å². The number of urea groups is 1. The zero-order valence-electron chi connectivity index (χ0n) is 34.5. The summed E-state index contributed by atoms with van der Waals surface area (Å²) in [5.41, 5.74) is -10.3. The van der Waals surface area contributed by atoms with Gasteiger partial charge in [-0.05, 0) is 68.0 Å². The number of halogens is 12. The molecule has 2 heterocycles. The van der Waals surface area contributed by atoms with Gasteiger partial charge in [-0.3, -0.25) is 14.6 Å². The summed E-state index contributed by atoms with van der Waals surface area (Å²) in [5, 5.41) is 27.7. The number of hydrogen-bond acceptors (Lipinski definition) is 7. The van der Waals surface area contributed by atoms with Gasteiger partial charge in [0.2, 0.25) is 0 Å². The number of nitrogens with one attached hydrogen (secondary N) is 3. The van der Waals surface area contributed by atoms with Gasteiger partial charge in [-0.2, -0.15) is 52.7 Å². The molecule has 3 aromatic rings. The van der Waals surface area contributed by atoms with Crippen LogP contribution in [0.5, 0.6) is 0 Å². The van der Waals surface area contributed by atoms with Crippen molar-refractivity contribution in [2.24, 2.45) is 5.92 Å². The zero-order valence-corrected chi connectivity index (χ0v) is 34.5. The second-order valence-corrected chi connectivity index (χ2v) is 16.3. The van der Waals surface area contributed by atoms with E-state index in [9.17, 15) is 72.5 Å². The van der Waals surface area contributed by atoms with Gasteiger partial charge in [0.1, 0.15) is 0 Å². The average molecular weight is 929 g/mol. The molecule has 2 atom stereocenters. The number of alkyl halides is 12. The van der Waals surface area contributed by atoms with E-state index in [1.807, 2.05) is 18.7 Å². The number of aliphatic hydroxyl groups is 2. The van der Waals surface area contributed by atoms with Gasteiger partial charge in [-0.1, -0.05) is 48.5 Å². The van der Waals surface area contributed by atoms with Gasteiger partial charge in [0.25, 0.3) is 17.1 Å². The van der Waals surface area contributed by atoms with E-state index < -0.39 is 47.0 Å². The third-order valence-corrected chi connectivity index (χ3v) is 11.3. The van der Waals surface area contributed by atoms with Gasteiger partial charge in [0.05, 0.1) is 0 Å². The number of anilines is 1. The van der Waals surface area contributed by atoms with E-state index in [0.717, 1.165) is 44.6 Å². The highest BCUT2D eigenvalue weighted by atomic mass is 19.4. The van der Waals surface area contributed by atoms with E-state index in [2.05, 4.69) is 20.9 Å². The highest BCUT2D eigenvalue weighted by Gasteiger charge is 2.72. The molecule has 6 rings (SSSR count). The van der Waals surface area contributed by atoms with Gasteiger partial charge >= 0.3 is 30.7 Å². The van der Waals surface area contributed by atoms with Gasteiger partial charge in [-0.25, -0.2) is 4.79 Å². The summed E-state index contributed by atoms with van der Waals surface area (Å²) in [4.78, 5) is 30.7. The number of piperazine rings is 2. The lowest BCUT2D eigenvalue weighted by atomic mass is 9.91. The smallest absolute Gasteiger partial charge is 0.369 e. The quantitative estimate of drug-likeness (QED) is 0.133. The summed E-state index contributed by atoms with van der Waals surface area (Å²) in [5.74, 6) is 0.358. The molecule has 10 nitrogen and oxygen atoms in total. The first-order valence-electron chi connectivity index (χ1n) is 20.2. The first kappa shape index (κ1) is 50.4. The van der Waals surface area contributed by atoms with E-state index in [4.69, 9.17) is 0 Å². The van der Waals surface area contributed by atoms with E-state index in [0.29, 0.717) is 85.3 Å². The number of hydrogen-bond donors (Lipinski definition) is 5. The van der Waals surface area contributed by atoms with Crippen LogP contribution < -0.4 is 16.0 Å². The van der Waals surface area contributed by atoms with Crippen molar-refractivity contribution in [2.45, 2.75) is 87.8 Å². The van der Waals surface area contributed by atoms with E-state index in [1.165, 1.54) is 12.1 Å². The molecule has 0 unspecified atom stereocenters. The Bertz CT molecular complexity index is 2000. The van der Waals surface area contributed by atoms with Crippen molar-refractivity contribution < 1.29 is 72.5 Å². The fourth-order valence-electron chi connectivity index (χ4n) is 7.43. The molecule has 64 heavy (non-hydrogen) atoms. The average Bonchev–Trinajstić information content (AvgIpc) is 4.04. The van der Waals surface area contributed by atoms with Crippen LogP contribution in [0.4, 0.5) is 63.2 Å². The summed E-state index contributed by atoms with van der Waals surface area (Å²) in [6.07, 6.45) is -21.4. The minimum absolute atomic E-state index is 0.195. The van der Waals surface area contributed by atoms with Crippen LogP contribution in [0.2, 0.25) is 0 Å². The standard InChI is InChI=1S/C27H30F6N4O3.C15H18F6N2O/c1-17-15-36(16-19-4-8-21(9-5-19)25(40,26(28,29)30)27(31,32)33)12-13-37(17)23(38)20-6-10-22(11-7-20)35-24(39)34-14-18-2-3-18;1-10-8-23(7-6-22-10)9-11-2-4-12(5-3-11)13(24,14(16,17)18)15(19,20)21/h4-11,17-18,40H,2-3,12-16H2,1H3,(H2,34,35,39);2-5,10,22,24H,6-9H2,1H3/t17-;10-/m00/s1. The Labute approximate surface area is 360 Å². The van der Waals surface area contributed by atoms with Crippen molar-refractivity contribution in [2.75, 3.05) is 51.1 Å². The number of rotatable bonds is 10. The van der Waals surface area contributed by atoms with Gasteiger partial charge in [0.15, 0.2) is 0 Å². The van der Waals surface area contributed by atoms with Crippen molar-refractivity contribution in [1.29, 1.82) is 0 Å². The SMILES string of the molecule is C[C@H]1CN(Cc2ccc(C(O)(C(F)(F)F)C(F)(F)F)cc2)CCN1.C[C@H]1CN(Cc2ccc(C(O)(C(F)(F)F)C(F)(F)F)cc2)CCN1C(=O)c1ccc(NC(=O)NCC2CC2)cc1. The topological polar surface area (TPSA) is 120 Å². The second kappa shape index (κ2) is 19.4.